The van der Waals surface area contributed by atoms with E-state index in [1.54, 1.807) is 0 Å². The molecule has 0 heterocycles. The Morgan fingerprint density at radius 2 is 1.79 bits per heavy atom. The lowest BCUT2D eigenvalue weighted by Gasteiger charge is -2.07. The fraction of sp³-hybridized carbons (Fsp3) is 0.571. The lowest BCUT2D eigenvalue weighted by atomic mass is 9.99. The number of unbranched alkanes of at least 4 members (excludes halogenated alkanes) is 1. The van der Waals surface area contributed by atoms with Crippen LogP contribution in [0.2, 0.25) is 0 Å². The van der Waals surface area contributed by atoms with E-state index >= 15 is 0 Å². The Hall–Kier alpha value is -0.780. The maximum Gasteiger partial charge on any atom is -0.0279 e. The van der Waals surface area contributed by atoms with E-state index < -0.39 is 0 Å². The van der Waals surface area contributed by atoms with Crippen molar-refractivity contribution in [3.05, 3.63) is 35.9 Å². The van der Waals surface area contributed by atoms with Crippen LogP contribution in [0.1, 0.15) is 45.1 Å². The maximum absolute atomic E-state index is 2.35. The van der Waals surface area contributed by atoms with Crippen molar-refractivity contribution in [1.29, 1.82) is 0 Å². The first kappa shape index (κ1) is 11.3. The zero-order valence-corrected chi connectivity index (χ0v) is 9.50. The van der Waals surface area contributed by atoms with Crippen molar-refractivity contribution in [3.63, 3.8) is 0 Å². The molecule has 1 aromatic carbocycles. The van der Waals surface area contributed by atoms with E-state index in [0.717, 1.165) is 5.92 Å². The average molecular weight is 190 g/mol. The summed E-state index contributed by atoms with van der Waals surface area (Å²) >= 11 is 0. The highest BCUT2D eigenvalue weighted by atomic mass is 14.0. The highest BCUT2D eigenvalue weighted by molar-refractivity contribution is 5.14. The molecule has 0 bridgehead atoms. The molecule has 0 aromatic heterocycles. The molecule has 0 aliphatic heterocycles. The minimum atomic E-state index is 0.908. The van der Waals surface area contributed by atoms with Gasteiger partial charge in [-0.25, -0.2) is 0 Å². The Morgan fingerprint density at radius 1 is 1.07 bits per heavy atom. The molecule has 0 N–H and O–H groups in total. The topological polar surface area (TPSA) is 0 Å². The Labute approximate surface area is 88.4 Å². The third-order valence-corrected chi connectivity index (χ3v) is 2.95. The largest absolute Gasteiger partial charge is 0.0651 e. The van der Waals surface area contributed by atoms with E-state index in [4.69, 9.17) is 0 Å². The fourth-order valence-corrected chi connectivity index (χ4v) is 1.67. The van der Waals surface area contributed by atoms with Gasteiger partial charge < -0.3 is 0 Å². The van der Waals surface area contributed by atoms with Gasteiger partial charge in [0, 0.05) is 0 Å². The summed E-state index contributed by atoms with van der Waals surface area (Å²) in [6, 6.07) is 10.8. The standard InChI is InChI=1S/C14H22/c1-3-13(2)9-7-8-12-14-10-5-4-6-11-14/h4-6,10-11,13H,3,7-9,12H2,1-2H3. The number of hydrogen-bond acceptors (Lipinski definition) is 0. The molecule has 0 aliphatic rings. The lowest BCUT2D eigenvalue weighted by Crippen LogP contribution is -1.93. The summed E-state index contributed by atoms with van der Waals surface area (Å²) in [5, 5.41) is 0. The summed E-state index contributed by atoms with van der Waals surface area (Å²) in [5.74, 6) is 0.908. The van der Waals surface area contributed by atoms with Crippen molar-refractivity contribution in [2.75, 3.05) is 0 Å². The molecule has 0 nitrogen and oxygen atoms in total. The van der Waals surface area contributed by atoms with Crippen LogP contribution in [0.25, 0.3) is 0 Å². The molecule has 0 fully saturated rings. The molecular formula is C14H22. The third-order valence-electron chi connectivity index (χ3n) is 2.95. The van der Waals surface area contributed by atoms with Gasteiger partial charge in [0.25, 0.3) is 0 Å². The van der Waals surface area contributed by atoms with Gasteiger partial charge in [-0.1, -0.05) is 63.4 Å². The Balaban J connectivity index is 2.10. The normalized spacial score (nSPS) is 12.7. The molecule has 1 rings (SSSR count). The van der Waals surface area contributed by atoms with Crippen LogP contribution >= 0.6 is 0 Å². The Morgan fingerprint density at radius 3 is 2.43 bits per heavy atom. The van der Waals surface area contributed by atoms with Crippen molar-refractivity contribution < 1.29 is 0 Å². The molecule has 1 unspecified atom stereocenters. The van der Waals surface area contributed by atoms with E-state index in [2.05, 4.69) is 44.2 Å². The van der Waals surface area contributed by atoms with Crippen LogP contribution < -0.4 is 0 Å². The van der Waals surface area contributed by atoms with Gasteiger partial charge in [0.05, 0.1) is 0 Å². The van der Waals surface area contributed by atoms with Crippen molar-refractivity contribution in [2.45, 2.75) is 46.0 Å². The van der Waals surface area contributed by atoms with E-state index in [0.29, 0.717) is 0 Å². The summed E-state index contributed by atoms with van der Waals surface area (Å²) in [5.41, 5.74) is 1.48. The van der Waals surface area contributed by atoms with Crippen LogP contribution in [0.5, 0.6) is 0 Å². The molecule has 1 aromatic rings. The van der Waals surface area contributed by atoms with E-state index in [1.165, 1.54) is 37.7 Å². The summed E-state index contributed by atoms with van der Waals surface area (Å²) in [6.07, 6.45) is 6.68. The van der Waals surface area contributed by atoms with Gasteiger partial charge in [0.1, 0.15) is 0 Å². The summed E-state index contributed by atoms with van der Waals surface area (Å²) in [4.78, 5) is 0. The van der Waals surface area contributed by atoms with Gasteiger partial charge in [0.15, 0.2) is 0 Å². The molecule has 0 radical (unpaired) electrons. The quantitative estimate of drug-likeness (QED) is 0.581. The van der Waals surface area contributed by atoms with Crippen LogP contribution in [-0.2, 0) is 6.42 Å². The van der Waals surface area contributed by atoms with Gasteiger partial charge >= 0.3 is 0 Å². The van der Waals surface area contributed by atoms with Gasteiger partial charge in [-0.3, -0.25) is 0 Å². The van der Waals surface area contributed by atoms with Gasteiger partial charge in [-0.05, 0) is 24.3 Å². The Bertz CT molecular complexity index is 225. The van der Waals surface area contributed by atoms with Crippen molar-refractivity contribution in [2.24, 2.45) is 5.92 Å². The first-order chi connectivity index (χ1) is 6.83. The monoisotopic (exact) mass is 190 g/mol. The Kier molecular flexibility index (Phi) is 5.36. The predicted molar refractivity (Wildman–Crippen MR) is 63.5 cm³/mol. The molecule has 1 atom stereocenters. The number of aryl methyl sites for hydroxylation is 1. The zero-order chi connectivity index (χ0) is 10.2. The molecule has 14 heavy (non-hydrogen) atoms. The van der Waals surface area contributed by atoms with Crippen molar-refractivity contribution >= 4 is 0 Å². The van der Waals surface area contributed by atoms with Gasteiger partial charge in [-0.2, -0.15) is 0 Å². The highest BCUT2D eigenvalue weighted by Gasteiger charge is 1.98. The third kappa shape index (κ3) is 4.45. The second kappa shape index (κ2) is 6.64. The summed E-state index contributed by atoms with van der Waals surface area (Å²) in [7, 11) is 0. The number of benzene rings is 1. The van der Waals surface area contributed by atoms with E-state index in [9.17, 15) is 0 Å². The van der Waals surface area contributed by atoms with Crippen LogP contribution in [0.3, 0.4) is 0 Å². The lowest BCUT2D eigenvalue weighted by molar-refractivity contribution is 0.484. The number of rotatable bonds is 6. The summed E-state index contributed by atoms with van der Waals surface area (Å²) < 4.78 is 0. The molecule has 0 amide bonds. The zero-order valence-electron chi connectivity index (χ0n) is 9.50. The SMILES string of the molecule is CCC(C)CCCCc1ccccc1. The first-order valence-electron chi connectivity index (χ1n) is 5.87. The molecule has 0 aliphatic carbocycles. The maximum atomic E-state index is 2.35. The predicted octanol–water partition coefficient (Wildman–Crippen LogP) is 4.45. The van der Waals surface area contributed by atoms with Crippen molar-refractivity contribution in [1.82, 2.24) is 0 Å². The van der Waals surface area contributed by atoms with Crippen LogP contribution in [0, 0.1) is 5.92 Å². The van der Waals surface area contributed by atoms with Crippen LogP contribution in [0.15, 0.2) is 30.3 Å². The van der Waals surface area contributed by atoms with Gasteiger partial charge in [-0.15, -0.1) is 0 Å². The summed E-state index contributed by atoms with van der Waals surface area (Å²) in [6.45, 7) is 4.63. The van der Waals surface area contributed by atoms with Crippen molar-refractivity contribution in [3.8, 4) is 0 Å². The van der Waals surface area contributed by atoms with E-state index in [1.807, 2.05) is 0 Å². The molecule has 78 valence electrons. The molecule has 0 spiro atoms. The fourth-order valence-electron chi connectivity index (χ4n) is 1.67. The minimum Gasteiger partial charge on any atom is -0.0651 e. The van der Waals surface area contributed by atoms with E-state index in [-0.39, 0.29) is 0 Å². The van der Waals surface area contributed by atoms with Gasteiger partial charge in [0.2, 0.25) is 0 Å². The smallest absolute Gasteiger partial charge is 0.0279 e. The van der Waals surface area contributed by atoms with Crippen LogP contribution in [0.4, 0.5) is 0 Å². The molecule has 0 saturated heterocycles. The molecule has 0 heteroatoms. The van der Waals surface area contributed by atoms with Crippen LogP contribution in [-0.4, -0.2) is 0 Å². The second-order valence-electron chi connectivity index (χ2n) is 4.24. The minimum absolute atomic E-state index is 0.908. The highest BCUT2D eigenvalue weighted by Crippen LogP contribution is 2.13. The second-order valence-corrected chi connectivity index (χ2v) is 4.24. The molecular weight excluding hydrogens is 168 g/mol. The number of hydrogen-bond donors (Lipinski definition) is 0. The molecule has 0 saturated carbocycles. The first-order valence-corrected chi connectivity index (χ1v) is 5.87. The average Bonchev–Trinajstić information content (AvgIpc) is 2.25.